The molecule has 0 fully saturated rings. The minimum absolute atomic E-state index is 0.0131. The second kappa shape index (κ2) is 13.1. The Morgan fingerprint density at radius 3 is 2.00 bits per heavy atom. The molecular formula is C25H34N4O3. The number of nitrogens with zero attached hydrogens (tertiary/aromatic N) is 1. The second-order valence-electron chi connectivity index (χ2n) is 7.65. The first-order valence-electron chi connectivity index (χ1n) is 11.3. The van der Waals surface area contributed by atoms with Crippen molar-refractivity contribution >= 4 is 34.8 Å². The van der Waals surface area contributed by atoms with Gasteiger partial charge in [0.1, 0.15) is 0 Å². The Balaban J connectivity index is 1.88. The monoisotopic (exact) mass is 438 g/mol. The third-order valence-electron chi connectivity index (χ3n) is 4.77. The van der Waals surface area contributed by atoms with Gasteiger partial charge in [-0.3, -0.25) is 14.4 Å². The summed E-state index contributed by atoms with van der Waals surface area (Å²) in [6.45, 7) is 7.62. The number of amides is 3. The molecule has 2 rings (SSSR count). The maximum Gasteiger partial charge on any atom is 0.253 e. The van der Waals surface area contributed by atoms with E-state index in [0.717, 1.165) is 38.0 Å². The first-order valence-corrected chi connectivity index (χ1v) is 11.3. The fraction of sp³-hybridized carbons (Fsp3) is 0.400. The molecule has 3 N–H and O–H groups in total. The van der Waals surface area contributed by atoms with Gasteiger partial charge in [0.2, 0.25) is 11.8 Å². The van der Waals surface area contributed by atoms with Gasteiger partial charge in [-0.05, 0) is 61.7 Å². The van der Waals surface area contributed by atoms with Crippen LogP contribution in [0.1, 0.15) is 56.8 Å². The van der Waals surface area contributed by atoms with Crippen molar-refractivity contribution in [1.82, 2.24) is 4.90 Å². The lowest BCUT2D eigenvalue weighted by atomic mass is 10.1. The van der Waals surface area contributed by atoms with Gasteiger partial charge in [-0.15, -0.1) is 0 Å². The molecule has 2 aromatic carbocycles. The topological polar surface area (TPSA) is 90.5 Å². The summed E-state index contributed by atoms with van der Waals surface area (Å²) >= 11 is 0. The Hall–Kier alpha value is -3.35. The Bertz CT molecular complexity index is 890. The van der Waals surface area contributed by atoms with E-state index in [1.165, 1.54) is 0 Å². The Morgan fingerprint density at radius 2 is 1.38 bits per heavy atom. The lowest BCUT2D eigenvalue weighted by Gasteiger charge is -2.21. The highest BCUT2D eigenvalue weighted by atomic mass is 16.2. The van der Waals surface area contributed by atoms with E-state index in [9.17, 15) is 14.4 Å². The number of nitrogens with one attached hydrogen (secondary N) is 3. The molecule has 7 nitrogen and oxygen atoms in total. The maximum absolute atomic E-state index is 12.7. The van der Waals surface area contributed by atoms with Gasteiger partial charge in [0.25, 0.3) is 5.91 Å². The van der Waals surface area contributed by atoms with E-state index in [1.807, 2.05) is 30.0 Å². The maximum atomic E-state index is 12.7. The minimum atomic E-state index is -0.205. The number of anilines is 3. The average molecular weight is 439 g/mol. The van der Waals surface area contributed by atoms with Crippen LogP contribution in [-0.2, 0) is 9.59 Å². The van der Waals surface area contributed by atoms with Gasteiger partial charge in [-0.25, -0.2) is 0 Å². The standard InChI is InChI=1S/C25H34N4O3/c1-4-8-23(30)28-22-10-7-9-21(17-22)26-18-24(31)27-20-13-11-19(12-14-20)25(32)29(15-5-2)16-6-3/h7,9-14,17,26H,4-6,8,15-16,18H2,1-3H3,(H,27,31)(H,28,30). The van der Waals surface area contributed by atoms with Crippen molar-refractivity contribution in [2.24, 2.45) is 0 Å². The van der Waals surface area contributed by atoms with Crippen molar-refractivity contribution in [3.63, 3.8) is 0 Å². The summed E-state index contributed by atoms with van der Waals surface area (Å²) in [5.41, 5.74) is 2.67. The molecular weight excluding hydrogens is 404 g/mol. The predicted molar refractivity (Wildman–Crippen MR) is 130 cm³/mol. The van der Waals surface area contributed by atoms with Crippen LogP contribution < -0.4 is 16.0 Å². The summed E-state index contributed by atoms with van der Waals surface area (Å²) in [5.74, 6) is -0.223. The van der Waals surface area contributed by atoms with Crippen LogP contribution in [0.4, 0.5) is 17.1 Å². The molecule has 0 saturated heterocycles. The van der Waals surface area contributed by atoms with Crippen molar-refractivity contribution in [2.45, 2.75) is 46.5 Å². The number of benzene rings is 2. The fourth-order valence-corrected chi connectivity index (χ4v) is 3.28. The normalized spacial score (nSPS) is 10.3. The van der Waals surface area contributed by atoms with Crippen molar-refractivity contribution in [1.29, 1.82) is 0 Å². The lowest BCUT2D eigenvalue weighted by Crippen LogP contribution is -2.32. The third kappa shape index (κ3) is 8.06. The highest BCUT2D eigenvalue weighted by Gasteiger charge is 2.14. The van der Waals surface area contributed by atoms with E-state index >= 15 is 0 Å². The zero-order valence-electron chi connectivity index (χ0n) is 19.2. The van der Waals surface area contributed by atoms with Gasteiger partial charge in [0.05, 0.1) is 6.54 Å². The summed E-state index contributed by atoms with van der Waals surface area (Å²) in [6, 6.07) is 14.2. The van der Waals surface area contributed by atoms with Crippen LogP contribution >= 0.6 is 0 Å². The molecule has 0 saturated carbocycles. The van der Waals surface area contributed by atoms with Crippen LogP contribution in [0.5, 0.6) is 0 Å². The molecule has 172 valence electrons. The molecule has 0 aromatic heterocycles. The van der Waals surface area contributed by atoms with Crippen LogP contribution in [0.3, 0.4) is 0 Å². The molecule has 3 amide bonds. The summed E-state index contributed by atoms with van der Waals surface area (Å²) in [6.07, 6.45) is 3.09. The molecule has 0 atom stereocenters. The molecule has 0 bridgehead atoms. The number of hydrogen-bond donors (Lipinski definition) is 3. The van der Waals surface area contributed by atoms with E-state index in [1.54, 1.807) is 30.3 Å². The summed E-state index contributed by atoms with van der Waals surface area (Å²) in [4.78, 5) is 38.6. The highest BCUT2D eigenvalue weighted by Crippen LogP contribution is 2.16. The SMILES string of the molecule is CCCC(=O)Nc1cccc(NCC(=O)Nc2ccc(C(=O)N(CCC)CCC)cc2)c1. The Morgan fingerprint density at radius 1 is 0.750 bits per heavy atom. The molecule has 0 aliphatic heterocycles. The largest absolute Gasteiger partial charge is 0.376 e. The molecule has 32 heavy (non-hydrogen) atoms. The minimum Gasteiger partial charge on any atom is -0.376 e. The zero-order chi connectivity index (χ0) is 23.3. The van der Waals surface area contributed by atoms with Crippen LogP contribution in [0.2, 0.25) is 0 Å². The van der Waals surface area contributed by atoms with E-state index in [-0.39, 0.29) is 24.3 Å². The van der Waals surface area contributed by atoms with Crippen molar-refractivity contribution in [2.75, 3.05) is 35.6 Å². The first-order chi connectivity index (χ1) is 15.5. The fourth-order valence-electron chi connectivity index (χ4n) is 3.28. The van der Waals surface area contributed by atoms with Gasteiger partial charge in [-0.2, -0.15) is 0 Å². The van der Waals surface area contributed by atoms with Crippen LogP contribution in [0.25, 0.3) is 0 Å². The zero-order valence-corrected chi connectivity index (χ0v) is 19.2. The third-order valence-corrected chi connectivity index (χ3v) is 4.77. The van der Waals surface area contributed by atoms with Crippen LogP contribution in [0.15, 0.2) is 48.5 Å². The van der Waals surface area contributed by atoms with Gasteiger partial charge >= 0.3 is 0 Å². The van der Waals surface area contributed by atoms with E-state index in [0.29, 0.717) is 23.4 Å². The van der Waals surface area contributed by atoms with Crippen molar-refractivity contribution in [3.8, 4) is 0 Å². The smallest absolute Gasteiger partial charge is 0.253 e. The number of hydrogen-bond acceptors (Lipinski definition) is 4. The van der Waals surface area contributed by atoms with Crippen molar-refractivity contribution < 1.29 is 14.4 Å². The van der Waals surface area contributed by atoms with Gasteiger partial charge in [-0.1, -0.05) is 26.8 Å². The molecule has 2 aromatic rings. The second-order valence-corrected chi connectivity index (χ2v) is 7.65. The van der Waals surface area contributed by atoms with Crippen molar-refractivity contribution in [3.05, 3.63) is 54.1 Å². The number of carbonyl (C=O) groups is 3. The Labute approximate surface area is 190 Å². The van der Waals surface area contributed by atoms with Gasteiger partial charge in [0.15, 0.2) is 0 Å². The predicted octanol–water partition coefficient (Wildman–Crippen LogP) is 4.74. The molecule has 0 spiro atoms. The van der Waals surface area contributed by atoms with Gasteiger partial charge < -0.3 is 20.9 Å². The number of rotatable bonds is 12. The summed E-state index contributed by atoms with van der Waals surface area (Å²) in [5, 5.41) is 8.72. The highest BCUT2D eigenvalue weighted by molar-refractivity contribution is 5.97. The summed E-state index contributed by atoms with van der Waals surface area (Å²) < 4.78 is 0. The van der Waals surface area contributed by atoms with Gasteiger partial charge in [0, 0.05) is 42.1 Å². The van der Waals surface area contributed by atoms with E-state index in [2.05, 4.69) is 29.8 Å². The molecule has 0 aliphatic carbocycles. The summed E-state index contributed by atoms with van der Waals surface area (Å²) in [7, 11) is 0. The molecule has 0 heterocycles. The van der Waals surface area contributed by atoms with Crippen LogP contribution in [-0.4, -0.2) is 42.3 Å². The quantitative estimate of drug-likeness (QED) is 0.446. The Kier molecular flexibility index (Phi) is 10.2. The molecule has 0 aliphatic rings. The van der Waals surface area contributed by atoms with E-state index < -0.39 is 0 Å². The lowest BCUT2D eigenvalue weighted by molar-refractivity contribution is -0.116. The van der Waals surface area contributed by atoms with E-state index in [4.69, 9.17) is 0 Å². The molecule has 0 radical (unpaired) electrons. The first kappa shape index (κ1) is 24.9. The molecule has 0 unspecified atom stereocenters. The number of carbonyl (C=O) groups excluding carboxylic acids is 3. The van der Waals surface area contributed by atoms with Crippen LogP contribution in [0, 0.1) is 0 Å². The average Bonchev–Trinajstić information content (AvgIpc) is 2.78. The molecule has 7 heteroatoms.